The number of hydrogen-bond donors (Lipinski definition) is 0. The smallest absolute Gasteiger partial charge is 0.243 e. The molecule has 1 aromatic heterocycles. The van der Waals surface area contributed by atoms with Crippen LogP contribution in [0.5, 0.6) is 0 Å². The fraction of sp³-hybridized carbons (Fsp3) is 0.444. The lowest BCUT2D eigenvalue weighted by atomic mass is 10.3. The predicted octanol–water partition coefficient (Wildman–Crippen LogP) is 0.00840. The Morgan fingerprint density at radius 1 is 0.800 bits per heavy atom. The number of rotatable bonds is 5. The minimum Gasteiger partial charge on any atom is -0.379 e. The molecule has 10 nitrogen and oxygen atoms in total. The molecule has 0 aliphatic carbocycles. The highest BCUT2D eigenvalue weighted by Gasteiger charge is 2.31. The molecule has 0 saturated carbocycles. The van der Waals surface area contributed by atoms with E-state index < -0.39 is 20.0 Å². The van der Waals surface area contributed by atoms with E-state index in [9.17, 15) is 16.8 Å². The lowest BCUT2D eigenvalue weighted by Gasteiger charge is -2.34. The Morgan fingerprint density at radius 3 is 1.97 bits per heavy atom. The molecule has 0 spiro atoms. The summed E-state index contributed by atoms with van der Waals surface area (Å²) in [6, 6.07) is 5.57. The molecule has 12 heteroatoms. The third-order valence-corrected chi connectivity index (χ3v) is 8.95. The maximum Gasteiger partial charge on any atom is 0.243 e. The van der Waals surface area contributed by atoms with Crippen molar-refractivity contribution in [2.75, 3.05) is 57.4 Å². The average molecular weight is 454 g/mol. The van der Waals surface area contributed by atoms with Crippen LogP contribution >= 0.6 is 0 Å². The van der Waals surface area contributed by atoms with Crippen molar-refractivity contribution in [2.24, 2.45) is 0 Å². The molecule has 0 bridgehead atoms. The van der Waals surface area contributed by atoms with Crippen LogP contribution in [0.2, 0.25) is 0 Å². The number of piperazine rings is 1. The minimum absolute atomic E-state index is 0.0233. The maximum absolute atomic E-state index is 13.1. The second-order valence-corrected chi connectivity index (χ2v) is 10.8. The molecule has 4 rings (SSSR count). The highest BCUT2D eigenvalue weighted by atomic mass is 32.2. The van der Waals surface area contributed by atoms with Crippen molar-refractivity contribution in [2.45, 2.75) is 9.79 Å². The predicted molar refractivity (Wildman–Crippen MR) is 109 cm³/mol. The van der Waals surface area contributed by atoms with E-state index in [2.05, 4.69) is 9.97 Å². The number of anilines is 1. The highest BCUT2D eigenvalue weighted by molar-refractivity contribution is 7.90. The van der Waals surface area contributed by atoms with Gasteiger partial charge in [0.2, 0.25) is 20.0 Å². The zero-order valence-electron chi connectivity index (χ0n) is 16.3. The number of ether oxygens (including phenoxy) is 1. The lowest BCUT2D eigenvalue weighted by Crippen LogP contribution is -2.49. The molecular weight excluding hydrogens is 430 g/mol. The van der Waals surface area contributed by atoms with Gasteiger partial charge in [0.15, 0.2) is 0 Å². The first-order valence-corrected chi connectivity index (χ1v) is 12.5. The van der Waals surface area contributed by atoms with E-state index in [1.165, 1.54) is 32.9 Å². The summed E-state index contributed by atoms with van der Waals surface area (Å²) < 4.78 is 59.9. The van der Waals surface area contributed by atoms with Crippen molar-refractivity contribution in [3.63, 3.8) is 0 Å². The van der Waals surface area contributed by atoms with Crippen molar-refractivity contribution in [3.05, 3.63) is 42.9 Å². The molecular formula is C18H23N5O5S2. The summed E-state index contributed by atoms with van der Waals surface area (Å²) in [4.78, 5) is 10.2. The van der Waals surface area contributed by atoms with Crippen molar-refractivity contribution in [3.8, 4) is 0 Å². The SMILES string of the molecule is O=S(=O)(c1cccc(S(=O)(=O)N2CCN(c3cnccn3)CC2)c1)N1CCOCC1. The molecule has 2 aliphatic rings. The Bertz CT molecular complexity index is 1080. The van der Waals surface area contributed by atoms with Crippen molar-refractivity contribution in [1.29, 1.82) is 0 Å². The Hall–Kier alpha value is -2.12. The van der Waals surface area contributed by atoms with E-state index >= 15 is 0 Å². The van der Waals surface area contributed by atoms with Crippen molar-refractivity contribution < 1.29 is 21.6 Å². The van der Waals surface area contributed by atoms with Gasteiger partial charge >= 0.3 is 0 Å². The molecule has 2 fully saturated rings. The summed E-state index contributed by atoms with van der Waals surface area (Å²) in [7, 11) is -7.59. The van der Waals surface area contributed by atoms with Crippen LogP contribution in [0.4, 0.5) is 5.82 Å². The lowest BCUT2D eigenvalue weighted by molar-refractivity contribution is 0.0730. The first kappa shape index (κ1) is 21.1. The Balaban J connectivity index is 1.52. The number of morpholine rings is 1. The van der Waals surface area contributed by atoms with Gasteiger partial charge in [-0.1, -0.05) is 6.07 Å². The summed E-state index contributed by atoms with van der Waals surface area (Å²) in [5.74, 6) is 0.702. The average Bonchev–Trinajstić information content (AvgIpc) is 2.80. The second-order valence-electron chi connectivity index (χ2n) is 6.95. The van der Waals surface area contributed by atoms with Gasteiger partial charge in [-0.2, -0.15) is 8.61 Å². The van der Waals surface area contributed by atoms with Gasteiger partial charge in [0.1, 0.15) is 5.82 Å². The quantitative estimate of drug-likeness (QED) is 0.622. The summed E-state index contributed by atoms with van der Waals surface area (Å²) in [5.41, 5.74) is 0. The fourth-order valence-corrected chi connectivity index (χ4v) is 6.49. The summed E-state index contributed by atoms with van der Waals surface area (Å²) >= 11 is 0. The molecule has 2 aromatic rings. The van der Waals surface area contributed by atoms with Crippen LogP contribution in [0.3, 0.4) is 0 Å². The van der Waals surface area contributed by atoms with E-state index in [0.717, 1.165) is 0 Å². The number of hydrogen-bond acceptors (Lipinski definition) is 8. The molecule has 3 heterocycles. The third-order valence-electron chi connectivity index (χ3n) is 5.16. The van der Waals surface area contributed by atoms with Crippen molar-refractivity contribution >= 4 is 25.9 Å². The minimum atomic E-state index is -3.82. The van der Waals surface area contributed by atoms with Gasteiger partial charge in [-0.25, -0.2) is 21.8 Å². The van der Waals surface area contributed by atoms with Crippen LogP contribution in [0.15, 0.2) is 52.6 Å². The first-order valence-electron chi connectivity index (χ1n) is 9.58. The van der Waals surface area contributed by atoms with Gasteiger partial charge < -0.3 is 9.64 Å². The van der Waals surface area contributed by atoms with E-state index in [-0.39, 0.29) is 36.0 Å². The Morgan fingerprint density at radius 2 is 1.40 bits per heavy atom. The van der Waals surface area contributed by atoms with E-state index in [1.807, 2.05) is 4.90 Å². The standard InChI is InChI=1S/C18H23N5O5S2/c24-29(25,22-8-6-21(7-9-22)18-15-19-4-5-20-18)16-2-1-3-17(14-16)30(26,27)23-10-12-28-13-11-23/h1-5,14-15H,6-13H2. The number of aromatic nitrogens is 2. The van der Waals surface area contributed by atoms with Gasteiger partial charge in [0, 0.05) is 51.7 Å². The van der Waals surface area contributed by atoms with E-state index in [1.54, 1.807) is 18.6 Å². The molecule has 0 N–H and O–H groups in total. The maximum atomic E-state index is 13.1. The molecule has 1 aromatic carbocycles. The molecule has 0 radical (unpaired) electrons. The number of sulfonamides is 2. The van der Waals surface area contributed by atoms with Gasteiger partial charge in [0.25, 0.3) is 0 Å². The van der Waals surface area contributed by atoms with E-state index in [4.69, 9.17) is 4.74 Å². The summed E-state index contributed by atoms with van der Waals surface area (Å²) in [6.45, 7) is 2.67. The Kier molecular flexibility index (Phi) is 6.02. The fourth-order valence-electron chi connectivity index (χ4n) is 3.49. The van der Waals surface area contributed by atoms with Crippen molar-refractivity contribution in [1.82, 2.24) is 18.6 Å². The third kappa shape index (κ3) is 4.18. The number of benzene rings is 1. The first-order chi connectivity index (χ1) is 14.4. The van der Waals surface area contributed by atoms with Crippen LogP contribution in [-0.4, -0.2) is 87.9 Å². The molecule has 0 atom stereocenters. The van der Waals surface area contributed by atoms with Gasteiger partial charge in [-0.3, -0.25) is 4.98 Å². The molecule has 0 amide bonds. The molecule has 162 valence electrons. The normalized spacial score (nSPS) is 19.7. The van der Waals surface area contributed by atoms with Crippen LogP contribution in [0.1, 0.15) is 0 Å². The van der Waals surface area contributed by atoms with Gasteiger partial charge in [0.05, 0.1) is 29.2 Å². The summed E-state index contributed by atoms with van der Waals surface area (Å²) in [6.07, 6.45) is 4.82. The molecule has 2 aliphatic heterocycles. The van der Waals surface area contributed by atoms with Crippen LogP contribution in [0, 0.1) is 0 Å². The van der Waals surface area contributed by atoms with E-state index in [0.29, 0.717) is 32.1 Å². The zero-order chi connectivity index (χ0) is 21.2. The zero-order valence-corrected chi connectivity index (χ0v) is 17.9. The number of nitrogens with zero attached hydrogens (tertiary/aromatic N) is 5. The van der Waals surface area contributed by atoms with Gasteiger partial charge in [-0.15, -0.1) is 0 Å². The summed E-state index contributed by atoms with van der Waals surface area (Å²) in [5, 5.41) is 0. The molecule has 30 heavy (non-hydrogen) atoms. The molecule has 2 saturated heterocycles. The largest absolute Gasteiger partial charge is 0.379 e. The van der Waals surface area contributed by atoms with Gasteiger partial charge in [-0.05, 0) is 18.2 Å². The monoisotopic (exact) mass is 453 g/mol. The van der Waals surface area contributed by atoms with Crippen LogP contribution in [0.25, 0.3) is 0 Å². The van der Waals surface area contributed by atoms with Crippen LogP contribution < -0.4 is 4.90 Å². The highest BCUT2D eigenvalue weighted by Crippen LogP contribution is 2.24. The molecule has 0 unspecified atom stereocenters. The Labute approximate surface area is 176 Å². The second kappa shape index (κ2) is 8.55. The van der Waals surface area contributed by atoms with Crippen LogP contribution in [-0.2, 0) is 24.8 Å². The topological polar surface area (TPSA) is 113 Å².